The summed E-state index contributed by atoms with van der Waals surface area (Å²) in [5.41, 5.74) is 9.00. The number of morpholine rings is 1. The van der Waals surface area contributed by atoms with E-state index < -0.39 is 0 Å². The molecule has 0 unspecified atom stereocenters. The number of hydrogen-bond acceptors (Lipinski definition) is 5. The third-order valence-corrected chi connectivity index (χ3v) is 12.5. The van der Waals surface area contributed by atoms with E-state index in [-0.39, 0.29) is 0 Å². The maximum atomic E-state index is 5.26. The van der Waals surface area contributed by atoms with Crippen molar-refractivity contribution < 1.29 is 18.9 Å². The zero-order valence-electron chi connectivity index (χ0n) is 51.8. The minimum Gasteiger partial charge on any atom is -0.493 e. The highest BCUT2D eigenvalue weighted by molar-refractivity contribution is 5.43. The van der Waals surface area contributed by atoms with Crippen LogP contribution in [0, 0.1) is 53.8 Å². The van der Waals surface area contributed by atoms with Crippen LogP contribution < -0.4 is 9.47 Å². The second-order valence-corrected chi connectivity index (χ2v) is 23.9. The topological polar surface area (TPSA) is 40.2 Å². The molecule has 0 bridgehead atoms. The molecule has 0 atom stereocenters. The van der Waals surface area contributed by atoms with Crippen molar-refractivity contribution in [1.29, 1.82) is 0 Å². The molecule has 1 fully saturated rings. The zero-order chi connectivity index (χ0) is 55.8. The van der Waals surface area contributed by atoms with Gasteiger partial charge in [-0.3, -0.25) is 4.90 Å². The van der Waals surface area contributed by atoms with Gasteiger partial charge in [0, 0.05) is 26.8 Å². The van der Waals surface area contributed by atoms with E-state index >= 15 is 0 Å². The van der Waals surface area contributed by atoms with Gasteiger partial charge < -0.3 is 18.9 Å². The highest BCUT2D eigenvalue weighted by Gasteiger charge is 2.14. The molecule has 5 rings (SSSR count). The van der Waals surface area contributed by atoms with Gasteiger partial charge in [-0.25, -0.2) is 0 Å². The van der Waals surface area contributed by atoms with Gasteiger partial charge in [-0.05, 0) is 152 Å². The first-order chi connectivity index (χ1) is 34.4. The number of aryl methyl sites for hydroxylation is 3. The third kappa shape index (κ3) is 43.3. The van der Waals surface area contributed by atoms with E-state index in [0.717, 1.165) is 98.7 Å². The molecule has 1 saturated heterocycles. The molecular weight excluding hydrogens is 895 g/mol. The number of hydrogen-bond donors (Lipinski definition) is 0. The molecule has 4 aromatic rings. The van der Waals surface area contributed by atoms with Crippen molar-refractivity contribution in [2.75, 3.05) is 60.8 Å². The first kappa shape index (κ1) is 71.4. The molecule has 5 nitrogen and oxygen atoms in total. The minimum atomic E-state index is 0.500. The number of methoxy groups -OCH3 is 3. The van der Waals surface area contributed by atoms with Crippen molar-refractivity contribution in [3.05, 3.63) is 130 Å². The lowest BCUT2D eigenvalue weighted by Crippen LogP contribution is -2.37. The van der Waals surface area contributed by atoms with E-state index in [1.54, 1.807) is 21.3 Å². The van der Waals surface area contributed by atoms with Crippen LogP contribution in [-0.4, -0.2) is 65.7 Å². The van der Waals surface area contributed by atoms with Gasteiger partial charge in [0.1, 0.15) is 0 Å². The van der Waals surface area contributed by atoms with E-state index in [1.807, 2.05) is 6.07 Å². The normalized spacial score (nSPS) is 12.3. The van der Waals surface area contributed by atoms with Crippen molar-refractivity contribution >= 4 is 0 Å². The highest BCUT2D eigenvalue weighted by Crippen LogP contribution is 2.28. The lowest BCUT2D eigenvalue weighted by atomic mass is 9.84. The Morgan fingerprint density at radius 3 is 1.38 bits per heavy atom. The van der Waals surface area contributed by atoms with Crippen LogP contribution in [0.3, 0.4) is 0 Å². The van der Waals surface area contributed by atoms with Crippen molar-refractivity contribution in [1.82, 2.24) is 4.90 Å². The third-order valence-electron chi connectivity index (χ3n) is 12.5. The molecule has 1 aliphatic heterocycles. The molecule has 0 aliphatic carbocycles. The molecule has 5 heteroatoms. The van der Waals surface area contributed by atoms with E-state index in [9.17, 15) is 0 Å². The Balaban J connectivity index is 0. The molecule has 0 saturated carbocycles. The van der Waals surface area contributed by atoms with Gasteiger partial charge >= 0.3 is 0 Å². The fourth-order valence-electron chi connectivity index (χ4n) is 6.95. The monoisotopic (exact) mass is 1010 g/mol. The number of nitrogens with zero attached hydrogens (tertiary/aromatic N) is 1. The molecule has 0 aromatic heterocycles. The summed E-state index contributed by atoms with van der Waals surface area (Å²) in [6.45, 7) is 48.8. The van der Waals surface area contributed by atoms with E-state index in [2.05, 4.69) is 227 Å². The van der Waals surface area contributed by atoms with E-state index in [1.165, 1.54) is 78.5 Å². The van der Waals surface area contributed by atoms with Gasteiger partial charge in [0.05, 0.1) is 27.4 Å². The van der Waals surface area contributed by atoms with Gasteiger partial charge in [0.2, 0.25) is 0 Å². The fraction of sp³-hybridized carbons (Fsp3) is 0.647. The second-order valence-electron chi connectivity index (χ2n) is 23.9. The van der Waals surface area contributed by atoms with E-state index in [4.69, 9.17) is 18.9 Å². The Hall–Kier alpha value is -3.64. The standard InChI is InChI=1S/C13H20O2.C12H18.C11H16.C10H14.C9H19NO.C7H16.C6H14O/c1-10(2)5-6-11-7-8-12(14-3)13(9-11)15-4;1-4-11-6-5-7-12(9-11)8-10(2)3;1-9(2)7-11-6-4-5-10(3)8-11;1-9(2)8-10-6-4-3-5-7-10;1-9(2)3-4-10-5-7-11-8-6-10;1-6(2)7(3,4)5;1-6(2)4-5-7-3/h7-10H,5-6H2,1-4H3;5-7,9-10H,4,8H2,1-3H3;4-6,8-9H,7H2,1-3H3;3-7,9H,8H2,1-2H3;9H,3-8H2,1-2H3;6H,1-5H3;6H,4-5H2,1-3H3. The smallest absolute Gasteiger partial charge is 0.160 e. The fourth-order valence-corrected chi connectivity index (χ4v) is 6.95. The Kier molecular flexibility index (Phi) is 42.7. The number of rotatable bonds is 18. The molecule has 0 radical (unpaired) electrons. The predicted molar refractivity (Wildman–Crippen MR) is 324 cm³/mol. The number of benzene rings is 4. The Morgan fingerprint density at radius 2 is 0.959 bits per heavy atom. The van der Waals surface area contributed by atoms with Crippen molar-refractivity contribution in [2.24, 2.45) is 46.8 Å². The lowest BCUT2D eigenvalue weighted by molar-refractivity contribution is 0.0360. The van der Waals surface area contributed by atoms with Crippen LogP contribution in [-0.2, 0) is 41.6 Å². The van der Waals surface area contributed by atoms with Crippen molar-refractivity contribution in [2.45, 2.75) is 183 Å². The molecule has 0 amide bonds. The molecule has 1 aliphatic rings. The van der Waals surface area contributed by atoms with Crippen molar-refractivity contribution in [3.63, 3.8) is 0 Å². The van der Waals surface area contributed by atoms with Crippen LogP contribution in [0.4, 0.5) is 0 Å². The van der Waals surface area contributed by atoms with Gasteiger partial charge in [0.25, 0.3) is 0 Å². The quantitative estimate of drug-likeness (QED) is 0.0993. The highest BCUT2D eigenvalue weighted by atomic mass is 16.5. The van der Waals surface area contributed by atoms with Gasteiger partial charge in [-0.2, -0.15) is 0 Å². The summed E-state index contributed by atoms with van der Waals surface area (Å²) in [6, 6.07) is 34.4. The van der Waals surface area contributed by atoms with E-state index in [0.29, 0.717) is 5.41 Å². The Labute approximate surface area is 454 Å². The number of ether oxygens (including phenoxy) is 4. The average molecular weight is 1010 g/mol. The molecule has 4 aromatic carbocycles. The molecule has 73 heavy (non-hydrogen) atoms. The maximum absolute atomic E-state index is 5.26. The lowest BCUT2D eigenvalue weighted by Gasteiger charge is -2.26. The predicted octanol–water partition coefficient (Wildman–Crippen LogP) is 18.6. The van der Waals surface area contributed by atoms with Gasteiger partial charge in [0.15, 0.2) is 11.5 Å². The SMILES string of the molecule is CC(C)C(C)(C)C.CC(C)CCN1CCOCC1.CC(C)Cc1ccccc1.CCc1cccc(CC(C)C)c1.COCCC(C)C.COc1ccc(CCC(C)C)cc1OC.Cc1cccc(CC(C)C)c1. The largest absolute Gasteiger partial charge is 0.493 e. The molecule has 418 valence electrons. The first-order valence-electron chi connectivity index (χ1n) is 28.5. The molecule has 0 spiro atoms. The van der Waals surface area contributed by atoms with Gasteiger partial charge in [-0.1, -0.05) is 215 Å². The molecule has 1 heterocycles. The van der Waals surface area contributed by atoms with Crippen LogP contribution >= 0.6 is 0 Å². The Morgan fingerprint density at radius 1 is 0.493 bits per heavy atom. The molecule has 0 N–H and O–H groups in total. The van der Waals surface area contributed by atoms with Gasteiger partial charge in [-0.15, -0.1) is 0 Å². The summed E-state index contributed by atoms with van der Waals surface area (Å²) in [4.78, 5) is 2.49. The first-order valence-corrected chi connectivity index (χ1v) is 28.5. The molecular formula is C68H117NO4. The second kappa shape index (κ2) is 43.6. The zero-order valence-corrected chi connectivity index (χ0v) is 51.8. The summed E-state index contributed by atoms with van der Waals surface area (Å²) in [7, 11) is 5.07. The maximum Gasteiger partial charge on any atom is 0.160 e. The minimum absolute atomic E-state index is 0.500. The van der Waals surface area contributed by atoms with Crippen LogP contribution in [0.5, 0.6) is 11.5 Å². The van der Waals surface area contributed by atoms with Crippen LogP contribution in [0.1, 0.15) is 177 Å². The van der Waals surface area contributed by atoms with Crippen molar-refractivity contribution in [3.8, 4) is 11.5 Å². The van der Waals surface area contributed by atoms with Crippen LogP contribution in [0.25, 0.3) is 0 Å². The summed E-state index contributed by atoms with van der Waals surface area (Å²) in [6.07, 6.45) is 9.53. The summed E-state index contributed by atoms with van der Waals surface area (Å²) < 4.78 is 20.6. The Bertz CT molecular complexity index is 1830. The summed E-state index contributed by atoms with van der Waals surface area (Å²) in [5.74, 6) is 7.05. The average Bonchev–Trinajstić information content (AvgIpc) is 3.33. The van der Waals surface area contributed by atoms with Crippen LogP contribution in [0.15, 0.2) is 97.1 Å². The van der Waals surface area contributed by atoms with Crippen LogP contribution in [0.2, 0.25) is 0 Å². The summed E-state index contributed by atoms with van der Waals surface area (Å²) >= 11 is 0. The summed E-state index contributed by atoms with van der Waals surface area (Å²) in [5, 5.41) is 0.